The van der Waals surface area contributed by atoms with E-state index in [1.165, 1.54) is 11.6 Å². The van der Waals surface area contributed by atoms with Gasteiger partial charge in [0.15, 0.2) is 11.6 Å². The van der Waals surface area contributed by atoms with Crippen LogP contribution in [0.4, 0.5) is 20.3 Å². The Morgan fingerprint density at radius 2 is 1.84 bits per heavy atom. The van der Waals surface area contributed by atoms with Crippen LogP contribution in [0.25, 0.3) is 11.3 Å². The van der Waals surface area contributed by atoms with E-state index in [0.29, 0.717) is 23.7 Å². The molecule has 0 atom stereocenters. The van der Waals surface area contributed by atoms with Crippen LogP contribution in [0.2, 0.25) is 0 Å². The Labute approximate surface area is 182 Å². The smallest absolute Gasteiger partial charge is 0.159 e. The van der Waals surface area contributed by atoms with E-state index >= 15 is 0 Å². The fourth-order valence-electron chi connectivity index (χ4n) is 3.95. The summed E-state index contributed by atoms with van der Waals surface area (Å²) in [6.07, 6.45) is 0.936. The van der Waals surface area contributed by atoms with Crippen molar-refractivity contribution >= 4 is 11.5 Å². The van der Waals surface area contributed by atoms with Gasteiger partial charge in [-0.05, 0) is 49.6 Å². The zero-order valence-electron chi connectivity index (χ0n) is 18.3. The van der Waals surface area contributed by atoms with E-state index in [-0.39, 0.29) is 0 Å². The van der Waals surface area contributed by atoms with Crippen LogP contribution in [0.15, 0.2) is 54.7 Å². The second kappa shape index (κ2) is 8.53. The fraction of sp³-hybridized carbons (Fsp3) is 0.320. The average molecular weight is 423 g/mol. The Bertz CT molecular complexity index is 1100. The minimum Gasteiger partial charge on any atom is -0.366 e. The largest absolute Gasteiger partial charge is 0.366 e. The molecule has 4 rings (SSSR count). The van der Waals surface area contributed by atoms with Gasteiger partial charge in [-0.15, -0.1) is 0 Å². The van der Waals surface area contributed by atoms with Gasteiger partial charge in [-0.3, -0.25) is 0 Å². The number of aryl methyl sites for hydroxylation is 1. The molecule has 0 saturated carbocycles. The standard InChI is InChI=1S/C25H28F2N4/c1-16(2)13-18(4)30-11-12-31-23(15-30)29-24(19-7-10-21(26)22(27)14-19)25(31)28-20-8-5-17(3)6-9-20/h5-10,14,16,28H,4,11-13,15H2,1-3H3. The third-order valence-electron chi connectivity index (χ3n) is 5.57. The van der Waals surface area contributed by atoms with Crippen molar-refractivity contribution in [3.63, 3.8) is 0 Å². The summed E-state index contributed by atoms with van der Waals surface area (Å²) in [5.74, 6) is 0.462. The second-order valence-corrected chi connectivity index (χ2v) is 8.58. The zero-order valence-corrected chi connectivity index (χ0v) is 18.3. The highest BCUT2D eigenvalue weighted by Crippen LogP contribution is 2.34. The van der Waals surface area contributed by atoms with E-state index in [1.807, 2.05) is 31.2 Å². The molecule has 0 radical (unpaired) electrons. The topological polar surface area (TPSA) is 33.1 Å². The van der Waals surface area contributed by atoms with Gasteiger partial charge in [0.05, 0.1) is 6.54 Å². The number of benzene rings is 2. The molecule has 0 bridgehead atoms. The number of allylic oxidation sites excluding steroid dienone is 1. The molecular weight excluding hydrogens is 394 g/mol. The number of fused-ring (bicyclic) bond motifs is 1. The van der Waals surface area contributed by atoms with Crippen LogP contribution in [-0.2, 0) is 13.1 Å². The Balaban J connectivity index is 1.73. The van der Waals surface area contributed by atoms with E-state index in [0.717, 1.165) is 48.6 Å². The summed E-state index contributed by atoms with van der Waals surface area (Å²) in [6.45, 7) is 12.9. The number of rotatable bonds is 6. The van der Waals surface area contributed by atoms with Crippen LogP contribution in [0.3, 0.4) is 0 Å². The third-order valence-corrected chi connectivity index (χ3v) is 5.57. The van der Waals surface area contributed by atoms with Crippen molar-refractivity contribution in [2.45, 2.75) is 40.3 Å². The van der Waals surface area contributed by atoms with Gasteiger partial charge in [-0.1, -0.05) is 38.1 Å². The number of hydrogen-bond donors (Lipinski definition) is 1. The summed E-state index contributed by atoms with van der Waals surface area (Å²) >= 11 is 0. The van der Waals surface area contributed by atoms with Crippen LogP contribution < -0.4 is 5.32 Å². The normalized spacial score (nSPS) is 13.4. The maximum Gasteiger partial charge on any atom is 0.159 e. The van der Waals surface area contributed by atoms with Crippen molar-refractivity contribution in [1.29, 1.82) is 0 Å². The molecule has 2 heterocycles. The number of aromatic nitrogens is 2. The van der Waals surface area contributed by atoms with Crippen molar-refractivity contribution in [1.82, 2.24) is 14.5 Å². The summed E-state index contributed by atoms with van der Waals surface area (Å²) in [7, 11) is 0. The summed E-state index contributed by atoms with van der Waals surface area (Å²) < 4.78 is 29.7. The molecule has 6 heteroatoms. The number of nitrogens with zero attached hydrogens (tertiary/aromatic N) is 3. The van der Waals surface area contributed by atoms with Crippen LogP contribution in [-0.4, -0.2) is 21.0 Å². The Kier molecular flexibility index (Phi) is 5.81. The van der Waals surface area contributed by atoms with E-state index in [2.05, 4.69) is 35.2 Å². The second-order valence-electron chi connectivity index (χ2n) is 8.58. The summed E-state index contributed by atoms with van der Waals surface area (Å²) in [4.78, 5) is 7.10. The molecule has 1 N–H and O–H groups in total. The van der Waals surface area contributed by atoms with Gasteiger partial charge >= 0.3 is 0 Å². The molecule has 0 fully saturated rings. The number of imidazole rings is 1. The maximum absolute atomic E-state index is 14.0. The van der Waals surface area contributed by atoms with Crippen LogP contribution in [0.5, 0.6) is 0 Å². The van der Waals surface area contributed by atoms with Gasteiger partial charge < -0.3 is 14.8 Å². The van der Waals surface area contributed by atoms with Gasteiger partial charge in [-0.25, -0.2) is 13.8 Å². The molecular formula is C25H28F2N4. The van der Waals surface area contributed by atoms with Crippen LogP contribution in [0, 0.1) is 24.5 Å². The minimum atomic E-state index is -0.878. The van der Waals surface area contributed by atoms with Crippen LogP contribution in [0.1, 0.15) is 31.7 Å². The molecule has 0 amide bonds. The lowest BCUT2D eigenvalue weighted by Gasteiger charge is -2.32. The van der Waals surface area contributed by atoms with Crippen molar-refractivity contribution in [2.24, 2.45) is 5.92 Å². The number of hydrogen-bond acceptors (Lipinski definition) is 3. The quantitative estimate of drug-likeness (QED) is 0.509. The predicted molar refractivity (Wildman–Crippen MR) is 121 cm³/mol. The molecule has 2 aromatic carbocycles. The molecule has 0 spiro atoms. The molecule has 0 unspecified atom stereocenters. The van der Waals surface area contributed by atoms with E-state index in [4.69, 9.17) is 4.98 Å². The Morgan fingerprint density at radius 3 is 2.52 bits per heavy atom. The molecule has 0 saturated heterocycles. The van der Waals surface area contributed by atoms with Gasteiger partial charge in [0, 0.05) is 30.0 Å². The average Bonchev–Trinajstić information content (AvgIpc) is 3.09. The first-order valence-corrected chi connectivity index (χ1v) is 10.6. The summed E-state index contributed by atoms with van der Waals surface area (Å²) in [6, 6.07) is 12.0. The lowest BCUT2D eigenvalue weighted by atomic mass is 10.1. The maximum atomic E-state index is 14.0. The lowest BCUT2D eigenvalue weighted by Crippen LogP contribution is -2.33. The SMILES string of the molecule is C=C(CC(C)C)N1CCn2c(nc(-c3ccc(F)c(F)c3)c2Nc2ccc(C)cc2)C1. The van der Waals surface area contributed by atoms with Crippen molar-refractivity contribution in [2.75, 3.05) is 11.9 Å². The highest BCUT2D eigenvalue weighted by molar-refractivity contribution is 5.76. The number of halogens is 2. The van der Waals surface area contributed by atoms with Gasteiger partial charge in [0.1, 0.15) is 17.3 Å². The highest BCUT2D eigenvalue weighted by Gasteiger charge is 2.25. The predicted octanol–water partition coefficient (Wildman–Crippen LogP) is 6.26. The van der Waals surface area contributed by atoms with Crippen LogP contribution >= 0.6 is 0 Å². The van der Waals surface area contributed by atoms with Gasteiger partial charge in [-0.2, -0.15) is 0 Å². The van der Waals surface area contributed by atoms with Gasteiger partial charge in [0.2, 0.25) is 0 Å². The first-order valence-electron chi connectivity index (χ1n) is 10.6. The Hall–Kier alpha value is -3.15. The summed E-state index contributed by atoms with van der Waals surface area (Å²) in [5, 5.41) is 3.46. The fourth-order valence-corrected chi connectivity index (χ4v) is 3.95. The van der Waals surface area contributed by atoms with E-state index in [1.54, 1.807) is 6.07 Å². The molecule has 1 aliphatic rings. The summed E-state index contributed by atoms with van der Waals surface area (Å²) in [5.41, 5.74) is 4.35. The molecule has 1 aromatic heterocycles. The number of nitrogens with one attached hydrogen (secondary N) is 1. The molecule has 162 valence electrons. The van der Waals surface area contributed by atoms with Gasteiger partial charge in [0.25, 0.3) is 0 Å². The number of anilines is 2. The van der Waals surface area contributed by atoms with Crippen molar-refractivity contribution in [3.05, 3.63) is 77.8 Å². The molecule has 31 heavy (non-hydrogen) atoms. The van der Waals surface area contributed by atoms with Crippen molar-refractivity contribution < 1.29 is 8.78 Å². The highest BCUT2D eigenvalue weighted by atomic mass is 19.2. The third kappa shape index (κ3) is 4.48. The monoisotopic (exact) mass is 422 g/mol. The van der Waals surface area contributed by atoms with E-state index in [9.17, 15) is 8.78 Å². The molecule has 0 aliphatic carbocycles. The van der Waals surface area contributed by atoms with Crippen molar-refractivity contribution in [3.8, 4) is 11.3 Å². The molecule has 3 aromatic rings. The van der Waals surface area contributed by atoms with E-state index < -0.39 is 11.6 Å². The minimum absolute atomic E-state index is 0.533. The first kappa shape index (κ1) is 21.1. The zero-order chi connectivity index (χ0) is 22.1. The molecule has 4 nitrogen and oxygen atoms in total. The lowest BCUT2D eigenvalue weighted by molar-refractivity contribution is 0.260. The first-order chi connectivity index (χ1) is 14.8. The molecule has 1 aliphatic heterocycles. The Morgan fingerprint density at radius 1 is 1.10 bits per heavy atom.